The van der Waals surface area contributed by atoms with Crippen LogP contribution in [0.5, 0.6) is 0 Å². The van der Waals surface area contributed by atoms with Crippen molar-refractivity contribution in [1.82, 2.24) is 9.97 Å². The van der Waals surface area contributed by atoms with E-state index in [0.717, 1.165) is 31.2 Å². The second-order valence-corrected chi connectivity index (χ2v) is 4.62. The largest absolute Gasteiger partial charge is 0.376 e. The molecule has 0 amide bonds. The van der Waals surface area contributed by atoms with Crippen LogP contribution >= 0.6 is 0 Å². The quantitative estimate of drug-likeness (QED) is 0.836. The molecule has 1 aliphatic heterocycles. The lowest BCUT2D eigenvalue weighted by Crippen LogP contribution is -2.41. The van der Waals surface area contributed by atoms with Gasteiger partial charge in [0.2, 0.25) is 0 Å². The number of aromatic nitrogens is 2. The highest BCUT2D eigenvalue weighted by molar-refractivity contribution is 5.48. The van der Waals surface area contributed by atoms with E-state index in [9.17, 15) is 0 Å². The van der Waals surface area contributed by atoms with Crippen LogP contribution in [-0.2, 0) is 4.74 Å². The molecule has 1 aliphatic rings. The average molecular weight is 236 g/mol. The van der Waals surface area contributed by atoms with Gasteiger partial charge in [-0.25, -0.2) is 9.97 Å². The second-order valence-electron chi connectivity index (χ2n) is 4.62. The molecule has 1 aromatic heterocycles. The highest BCUT2D eigenvalue weighted by Crippen LogP contribution is 2.29. The highest BCUT2D eigenvalue weighted by atomic mass is 16.5. The molecule has 0 saturated carbocycles. The lowest BCUT2D eigenvalue weighted by atomic mass is 9.95. The summed E-state index contributed by atoms with van der Waals surface area (Å²) < 4.78 is 5.60. The van der Waals surface area contributed by atoms with Gasteiger partial charge in [0.05, 0.1) is 11.6 Å². The van der Waals surface area contributed by atoms with E-state index in [1.165, 1.54) is 0 Å². The number of nitrogens with zero attached hydrogens (tertiary/aromatic N) is 2. The normalized spacial score (nSPS) is 28.1. The molecule has 0 aromatic carbocycles. The van der Waals surface area contributed by atoms with Crippen LogP contribution in [0.15, 0.2) is 12.4 Å². The van der Waals surface area contributed by atoms with Gasteiger partial charge in [0.25, 0.3) is 0 Å². The topological polar surface area (TPSA) is 59.1 Å². The van der Waals surface area contributed by atoms with E-state index in [0.29, 0.717) is 0 Å². The van der Waals surface area contributed by atoms with Gasteiger partial charge in [0.1, 0.15) is 18.0 Å². The fourth-order valence-electron chi connectivity index (χ4n) is 2.00. The molecule has 5 nitrogen and oxygen atoms in total. The number of rotatable bonds is 4. The predicted octanol–water partition coefficient (Wildman–Crippen LogP) is 1.89. The molecule has 1 saturated heterocycles. The second kappa shape index (κ2) is 4.87. The third kappa shape index (κ3) is 2.66. The van der Waals surface area contributed by atoms with Crippen molar-refractivity contribution in [2.24, 2.45) is 0 Å². The Morgan fingerprint density at radius 3 is 2.88 bits per heavy atom. The molecule has 0 aliphatic carbocycles. The molecule has 94 valence electrons. The van der Waals surface area contributed by atoms with Crippen LogP contribution in [0.2, 0.25) is 0 Å². The summed E-state index contributed by atoms with van der Waals surface area (Å²) in [5.41, 5.74) is -0.0438. The summed E-state index contributed by atoms with van der Waals surface area (Å²) in [5.74, 6) is 1.69. The van der Waals surface area contributed by atoms with Gasteiger partial charge in [-0.3, -0.25) is 0 Å². The van der Waals surface area contributed by atoms with Crippen LogP contribution in [0.1, 0.15) is 27.2 Å². The molecule has 0 radical (unpaired) electrons. The van der Waals surface area contributed by atoms with Gasteiger partial charge in [-0.1, -0.05) is 0 Å². The van der Waals surface area contributed by atoms with E-state index in [2.05, 4.69) is 34.4 Å². The third-order valence-corrected chi connectivity index (χ3v) is 3.33. The molecule has 2 N–H and O–H groups in total. The van der Waals surface area contributed by atoms with Crippen molar-refractivity contribution < 1.29 is 4.74 Å². The predicted molar refractivity (Wildman–Crippen MR) is 68.3 cm³/mol. The van der Waals surface area contributed by atoms with Gasteiger partial charge in [-0.2, -0.15) is 0 Å². The summed E-state index contributed by atoms with van der Waals surface area (Å²) in [7, 11) is 0. The Hall–Kier alpha value is -1.36. The lowest BCUT2D eigenvalue weighted by molar-refractivity contribution is 0.105. The molecule has 2 atom stereocenters. The van der Waals surface area contributed by atoms with E-state index < -0.39 is 0 Å². The van der Waals surface area contributed by atoms with Crippen molar-refractivity contribution in [2.75, 3.05) is 23.8 Å². The van der Waals surface area contributed by atoms with E-state index >= 15 is 0 Å². The summed E-state index contributed by atoms with van der Waals surface area (Å²) >= 11 is 0. The molecule has 5 heteroatoms. The molecular weight excluding hydrogens is 216 g/mol. The minimum atomic E-state index is -0.0438. The van der Waals surface area contributed by atoms with E-state index in [-0.39, 0.29) is 11.6 Å². The van der Waals surface area contributed by atoms with Crippen molar-refractivity contribution in [2.45, 2.75) is 38.8 Å². The lowest BCUT2D eigenvalue weighted by Gasteiger charge is -2.29. The molecule has 17 heavy (non-hydrogen) atoms. The zero-order valence-corrected chi connectivity index (χ0v) is 10.7. The first-order chi connectivity index (χ1) is 8.14. The Labute approximate surface area is 102 Å². The summed E-state index contributed by atoms with van der Waals surface area (Å²) in [6, 6.07) is 1.93. The van der Waals surface area contributed by atoms with Crippen molar-refractivity contribution in [3.05, 3.63) is 12.4 Å². The van der Waals surface area contributed by atoms with Crippen LogP contribution in [0.4, 0.5) is 11.6 Å². The van der Waals surface area contributed by atoms with Gasteiger partial charge in [-0.15, -0.1) is 0 Å². The van der Waals surface area contributed by atoms with Crippen LogP contribution in [0.25, 0.3) is 0 Å². The molecular formula is C12H20N4O. The minimum Gasteiger partial charge on any atom is -0.376 e. The first kappa shape index (κ1) is 12.1. The maximum Gasteiger partial charge on any atom is 0.131 e. The number of hydrogen-bond donors (Lipinski definition) is 2. The Kier molecular flexibility index (Phi) is 3.47. The van der Waals surface area contributed by atoms with Gasteiger partial charge >= 0.3 is 0 Å². The van der Waals surface area contributed by atoms with Crippen LogP contribution in [0.3, 0.4) is 0 Å². The Bertz CT molecular complexity index is 385. The first-order valence-corrected chi connectivity index (χ1v) is 6.10. The summed E-state index contributed by atoms with van der Waals surface area (Å²) in [5, 5.41) is 6.62. The van der Waals surface area contributed by atoms with E-state index in [1.54, 1.807) is 6.33 Å². The number of hydrogen-bond acceptors (Lipinski definition) is 5. The third-order valence-electron chi connectivity index (χ3n) is 3.33. The number of nitrogens with one attached hydrogen (secondary N) is 2. The molecule has 2 heterocycles. The molecule has 0 spiro atoms. The Morgan fingerprint density at radius 2 is 2.24 bits per heavy atom. The maximum atomic E-state index is 5.60. The van der Waals surface area contributed by atoms with Crippen molar-refractivity contribution in [3.8, 4) is 0 Å². The summed E-state index contributed by atoms with van der Waals surface area (Å²) in [6.45, 7) is 7.96. The fourth-order valence-corrected chi connectivity index (χ4v) is 2.00. The maximum absolute atomic E-state index is 5.60. The van der Waals surface area contributed by atoms with Crippen molar-refractivity contribution >= 4 is 11.6 Å². The van der Waals surface area contributed by atoms with E-state index in [1.807, 2.05) is 13.0 Å². The van der Waals surface area contributed by atoms with Gasteiger partial charge in [0.15, 0.2) is 0 Å². The smallest absolute Gasteiger partial charge is 0.131 e. The zero-order valence-electron chi connectivity index (χ0n) is 10.7. The van der Waals surface area contributed by atoms with Gasteiger partial charge < -0.3 is 15.4 Å². The molecule has 0 bridgehead atoms. The van der Waals surface area contributed by atoms with Crippen molar-refractivity contribution in [1.29, 1.82) is 0 Å². The minimum absolute atomic E-state index is 0.0438. The molecule has 1 aromatic rings. The molecule has 2 rings (SSSR count). The van der Waals surface area contributed by atoms with Gasteiger partial charge in [-0.05, 0) is 27.2 Å². The first-order valence-electron chi connectivity index (χ1n) is 6.10. The Morgan fingerprint density at radius 1 is 1.47 bits per heavy atom. The van der Waals surface area contributed by atoms with Crippen molar-refractivity contribution in [3.63, 3.8) is 0 Å². The Balaban J connectivity index is 2.10. The van der Waals surface area contributed by atoms with Crippen LogP contribution in [0, 0.1) is 0 Å². The number of anilines is 2. The monoisotopic (exact) mass is 236 g/mol. The van der Waals surface area contributed by atoms with E-state index in [4.69, 9.17) is 4.74 Å². The van der Waals surface area contributed by atoms with Crippen LogP contribution < -0.4 is 10.6 Å². The number of ether oxygens (including phenoxy) is 1. The van der Waals surface area contributed by atoms with Gasteiger partial charge in [0, 0.05) is 19.2 Å². The highest BCUT2D eigenvalue weighted by Gasteiger charge is 2.37. The SMILES string of the molecule is CCNc1cc(NC2(C)CCOC2C)ncn1. The zero-order chi connectivity index (χ0) is 12.3. The summed E-state index contributed by atoms with van der Waals surface area (Å²) in [4.78, 5) is 8.40. The molecule has 2 unspecified atom stereocenters. The average Bonchev–Trinajstić information content (AvgIpc) is 2.60. The van der Waals surface area contributed by atoms with Crippen LogP contribution in [-0.4, -0.2) is 34.8 Å². The standard InChI is InChI=1S/C12H20N4O/c1-4-13-10-7-11(15-8-14-10)16-12(3)5-6-17-9(12)2/h7-9H,4-6H2,1-3H3,(H2,13,14,15,16). The fraction of sp³-hybridized carbons (Fsp3) is 0.667. The summed E-state index contributed by atoms with van der Waals surface area (Å²) in [6.07, 6.45) is 2.76. The molecule has 1 fully saturated rings.